The Morgan fingerprint density at radius 1 is 1.05 bits per heavy atom. The van der Waals surface area contributed by atoms with Gasteiger partial charge in [-0.05, 0) is 77.9 Å². The molecule has 6 aromatic rings. The summed E-state index contributed by atoms with van der Waals surface area (Å²) >= 11 is 9.95. The van der Waals surface area contributed by atoms with Crippen molar-refractivity contribution in [3.05, 3.63) is 128 Å². The maximum Gasteiger partial charge on any atom is 0.335 e. The average Bonchev–Trinajstić information content (AvgIpc) is 3.39. The Labute approximate surface area is 246 Å². The van der Waals surface area contributed by atoms with Crippen molar-refractivity contribution in [3.8, 4) is 17.3 Å². The lowest BCUT2D eigenvalue weighted by Crippen LogP contribution is -2.20. The largest absolute Gasteiger partial charge is 0.487 e. The highest BCUT2D eigenvalue weighted by Gasteiger charge is 2.17. The zero-order valence-electron chi connectivity index (χ0n) is 21.1. The highest BCUT2D eigenvalue weighted by atomic mass is 79.9. The number of nitrogens with zero attached hydrogens (tertiary/aromatic N) is 3. The molecule has 0 amide bonds. The third-order valence-corrected chi connectivity index (χ3v) is 7.11. The molecule has 0 saturated carbocycles. The first-order valence-corrected chi connectivity index (χ1v) is 13.5. The summed E-state index contributed by atoms with van der Waals surface area (Å²) in [5.74, 6) is 0.121. The average molecular weight is 629 g/mol. The third kappa shape index (κ3) is 5.50. The molecule has 0 bridgehead atoms. The number of ether oxygens (including phenoxy) is 1. The van der Waals surface area contributed by atoms with Crippen LogP contribution in [0.2, 0.25) is 5.02 Å². The SMILES string of the molecule is O=C(O)c1ccc(COc2ccc(C=Nn3c(-c4cc5cc(Br)ccc5o4)nc4ccccc4c3=O)cc2Cl)cc1. The van der Waals surface area contributed by atoms with E-state index < -0.39 is 5.97 Å². The molecule has 0 aliphatic heterocycles. The Morgan fingerprint density at radius 3 is 2.63 bits per heavy atom. The highest BCUT2D eigenvalue weighted by molar-refractivity contribution is 9.10. The van der Waals surface area contributed by atoms with Crippen molar-refractivity contribution in [3.63, 3.8) is 0 Å². The second kappa shape index (κ2) is 11.0. The molecule has 41 heavy (non-hydrogen) atoms. The van der Waals surface area contributed by atoms with Crippen LogP contribution < -0.4 is 10.3 Å². The first-order valence-electron chi connectivity index (χ1n) is 12.4. The fourth-order valence-corrected chi connectivity index (χ4v) is 4.88. The Kier molecular flexibility index (Phi) is 7.13. The van der Waals surface area contributed by atoms with E-state index in [0.717, 1.165) is 15.4 Å². The number of furan rings is 1. The van der Waals surface area contributed by atoms with Crippen LogP contribution in [0.4, 0.5) is 0 Å². The highest BCUT2D eigenvalue weighted by Crippen LogP contribution is 2.30. The number of hydrogen-bond acceptors (Lipinski definition) is 6. The van der Waals surface area contributed by atoms with E-state index in [-0.39, 0.29) is 23.6 Å². The number of carboxylic acid groups (broad SMARTS) is 1. The summed E-state index contributed by atoms with van der Waals surface area (Å²) in [6.45, 7) is 0.211. The molecule has 6 rings (SSSR count). The number of carbonyl (C=O) groups is 1. The van der Waals surface area contributed by atoms with E-state index in [1.165, 1.54) is 23.0 Å². The molecule has 1 N–H and O–H groups in total. The van der Waals surface area contributed by atoms with Gasteiger partial charge in [-0.25, -0.2) is 9.78 Å². The van der Waals surface area contributed by atoms with E-state index in [4.69, 9.17) is 30.8 Å². The lowest BCUT2D eigenvalue weighted by atomic mass is 10.1. The van der Waals surface area contributed by atoms with Crippen molar-refractivity contribution in [2.75, 3.05) is 0 Å². The van der Waals surface area contributed by atoms with Crippen molar-refractivity contribution >= 4 is 61.6 Å². The molecule has 4 aromatic carbocycles. The molecule has 0 radical (unpaired) electrons. The summed E-state index contributed by atoms with van der Waals surface area (Å²) in [5.41, 5.74) is 2.47. The number of carboxylic acids is 1. The van der Waals surface area contributed by atoms with E-state index in [1.54, 1.807) is 48.5 Å². The Hall–Kier alpha value is -4.73. The van der Waals surface area contributed by atoms with Gasteiger partial charge in [0.05, 0.1) is 27.7 Å². The number of aromatic carboxylic acids is 1. The van der Waals surface area contributed by atoms with Crippen molar-refractivity contribution in [1.29, 1.82) is 0 Å². The van der Waals surface area contributed by atoms with E-state index in [9.17, 15) is 9.59 Å². The van der Waals surface area contributed by atoms with Crippen molar-refractivity contribution in [2.24, 2.45) is 5.10 Å². The lowest BCUT2D eigenvalue weighted by molar-refractivity contribution is 0.0697. The minimum Gasteiger partial charge on any atom is -0.487 e. The van der Waals surface area contributed by atoms with Gasteiger partial charge in [-0.15, -0.1) is 0 Å². The smallest absolute Gasteiger partial charge is 0.335 e. The second-order valence-corrected chi connectivity index (χ2v) is 10.4. The second-order valence-electron chi connectivity index (χ2n) is 9.09. The predicted molar refractivity (Wildman–Crippen MR) is 161 cm³/mol. The normalized spacial score (nSPS) is 11.5. The molecule has 0 aliphatic carbocycles. The monoisotopic (exact) mass is 627 g/mol. The zero-order chi connectivity index (χ0) is 28.5. The summed E-state index contributed by atoms with van der Waals surface area (Å²) in [7, 11) is 0. The van der Waals surface area contributed by atoms with Gasteiger partial charge < -0.3 is 14.3 Å². The quantitative estimate of drug-likeness (QED) is 0.185. The molecule has 0 saturated heterocycles. The summed E-state index contributed by atoms with van der Waals surface area (Å²) in [6, 6.07) is 26.1. The van der Waals surface area contributed by atoms with Crippen LogP contribution in [0, 0.1) is 0 Å². The van der Waals surface area contributed by atoms with Crippen LogP contribution in [0.3, 0.4) is 0 Å². The molecule has 202 valence electrons. The minimum absolute atomic E-state index is 0.202. The van der Waals surface area contributed by atoms with Gasteiger partial charge in [0.15, 0.2) is 5.76 Å². The molecular weight excluding hydrogens is 610 g/mol. The van der Waals surface area contributed by atoms with Crippen LogP contribution in [0.15, 0.2) is 110 Å². The van der Waals surface area contributed by atoms with Crippen LogP contribution in [-0.2, 0) is 6.61 Å². The zero-order valence-corrected chi connectivity index (χ0v) is 23.5. The number of para-hydroxylation sites is 1. The first kappa shape index (κ1) is 26.5. The van der Waals surface area contributed by atoms with Gasteiger partial charge in [0.25, 0.3) is 5.56 Å². The minimum atomic E-state index is -0.988. The molecule has 0 aliphatic rings. The number of rotatable bonds is 7. The Balaban J connectivity index is 1.31. The molecule has 2 aromatic heterocycles. The van der Waals surface area contributed by atoms with Crippen LogP contribution >= 0.6 is 27.5 Å². The topological polar surface area (TPSA) is 107 Å². The third-order valence-electron chi connectivity index (χ3n) is 6.33. The summed E-state index contributed by atoms with van der Waals surface area (Å²) < 4.78 is 14.0. The van der Waals surface area contributed by atoms with E-state index in [1.807, 2.05) is 30.3 Å². The molecule has 0 atom stereocenters. The van der Waals surface area contributed by atoms with E-state index in [0.29, 0.717) is 38.6 Å². The van der Waals surface area contributed by atoms with Crippen molar-refractivity contribution < 1.29 is 19.1 Å². The molecule has 8 nitrogen and oxygen atoms in total. The lowest BCUT2D eigenvalue weighted by Gasteiger charge is -2.09. The Morgan fingerprint density at radius 2 is 1.85 bits per heavy atom. The van der Waals surface area contributed by atoms with E-state index in [2.05, 4.69) is 21.0 Å². The van der Waals surface area contributed by atoms with Gasteiger partial charge >= 0.3 is 5.97 Å². The molecule has 0 spiro atoms. The van der Waals surface area contributed by atoms with Gasteiger partial charge in [0.2, 0.25) is 5.82 Å². The predicted octanol–water partition coefficient (Wildman–Crippen LogP) is 7.39. The maximum absolute atomic E-state index is 13.5. The molecule has 2 heterocycles. The van der Waals surface area contributed by atoms with Crippen LogP contribution in [0.1, 0.15) is 21.5 Å². The number of aromatic nitrogens is 2. The fraction of sp³-hybridized carbons (Fsp3) is 0.0323. The van der Waals surface area contributed by atoms with Gasteiger partial charge in [0.1, 0.15) is 17.9 Å². The van der Waals surface area contributed by atoms with Gasteiger partial charge in [-0.3, -0.25) is 4.79 Å². The van der Waals surface area contributed by atoms with Gasteiger partial charge in [-0.2, -0.15) is 9.78 Å². The first-order chi connectivity index (χ1) is 19.9. The van der Waals surface area contributed by atoms with Crippen molar-refractivity contribution in [2.45, 2.75) is 6.61 Å². The number of halogens is 2. The van der Waals surface area contributed by atoms with Crippen molar-refractivity contribution in [1.82, 2.24) is 9.66 Å². The summed E-state index contributed by atoms with van der Waals surface area (Å²) in [6.07, 6.45) is 1.51. The van der Waals surface area contributed by atoms with Gasteiger partial charge in [-0.1, -0.05) is 51.8 Å². The standard InChI is InChI=1S/C31H19BrClN3O5/c32-22-10-12-26-21(14-22)15-28(41-26)29-35-25-4-2-1-3-23(25)30(37)36(29)34-16-19-7-11-27(24(33)13-19)40-17-18-5-8-20(9-6-18)31(38)39/h1-16H,17H2,(H,38,39). The van der Waals surface area contributed by atoms with Crippen LogP contribution in [-0.4, -0.2) is 27.0 Å². The molecule has 0 fully saturated rings. The number of hydrogen-bond donors (Lipinski definition) is 1. The number of fused-ring (bicyclic) bond motifs is 2. The summed E-state index contributed by atoms with van der Waals surface area (Å²) in [4.78, 5) is 29.2. The van der Waals surface area contributed by atoms with Gasteiger partial charge in [0, 0.05) is 9.86 Å². The molecular formula is C31H19BrClN3O5. The fourth-order valence-electron chi connectivity index (χ4n) is 4.26. The van der Waals surface area contributed by atoms with E-state index >= 15 is 0 Å². The molecule has 0 unspecified atom stereocenters. The maximum atomic E-state index is 13.5. The number of benzene rings is 4. The van der Waals surface area contributed by atoms with Crippen LogP contribution in [0.5, 0.6) is 5.75 Å². The molecule has 10 heteroatoms. The Bertz CT molecular complexity index is 2030. The summed E-state index contributed by atoms with van der Waals surface area (Å²) in [5, 5.41) is 15.2. The van der Waals surface area contributed by atoms with Crippen LogP contribution in [0.25, 0.3) is 33.5 Å².